The van der Waals surface area contributed by atoms with Gasteiger partial charge in [-0.2, -0.15) is 0 Å². The third kappa shape index (κ3) is 1.76. The van der Waals surface area contributed by atoms with Crippen LogP contribution in [0.15, 0.2) is 36.5 Å². The van der Waals surface area contributed by atoms with Crippen molar-refractivity contribution in [1.29, 1.82) is 0 Å². The lowest BCUT2D eigenvalue weighted by Gasteiger charge is -2.07. The molecule has 72 valence electrons. The monoisotopic (exact) mass is 206 g/mol. The van der Waals surface area contributed by atoms with Crippen LogP contribution in [-0.2, 0) is 0 Å². The quantitative estimate of drug-likeness (QED) is 0.737. The largest absolute Gasteiger partial charge is 0.399 e. The molecule has 1 aromatic heterocycles. The van der Waals surface area contributed by atoms with Crippen molar-refractivity contribution in [3.8, 4) is 0 Å². The summed E-state index contributed by atoms with van der Waals surface area (Å²) < 4.78 is 3.94. The van der Waals surface area contributed by atoms with Crippen molar-refractivity contribution in [1.82, 2.24) is 4.37 Å². The average molecular weight is 206 g/mol. The van der Waals surface area contributed by atoms with Crippen LogP contribution in [-0.4, -0.2) is 9.48 Å². The molecule has 0 aliphatic carbocycles. The molecule has 2 rings (SSSR count). The molecule has 1 aromatic carbocycles. The lowest BCUT2D eigenvalue weighted by atomic mass is 10.1. The molecule has 0 amide bonds. The van der Waals surface area contributed by atoms with E-state index in [4.69, 9.17) is 5.73 Å². The van der Waals surface area contributed by atoms with Gasteiger partial charge in [-0.1, -0.05) is 12.1 Å². The van der Waals surface area contributed by atoms with E-state index >= 15 is 0 Å². The fourth-order valence-corrected chi connectivity index (χ4v) is 1.81. The highest BCUT2D eigenvalue weighted by Gasteiger charge is 2.11. The topological polar surface area (TPSA) is 59.1 Å². The molecule has 3 N–H and O–H groups in total. The zero-order chi connectivity index (χ0) is 9.97. The number of nitrogens with zero attached hydrogens (tertiary/aromatic N) is 1. The molecule has 0 saturated carbocycles. The number of nitrogens with two attached hydrogens (primary N) is 1. The van der Waals surface area contributed by atoms with E-state index in [-0.39, 0.29) is 0 Å². The Hall–Kier alpha value is -1.39. The maximum Gasteiger partial charge on any atom is 0.115 e. The molecule has 1 heterocycles. The van der Waals surface area contributed by atoms with Crippen LogP contribution in [0.25, 0.3) is 0 Å². The number of nitrogen functional groups attached to an aromatic ring is 1. The molecule has 1 unspecified atom stereocenters. The van der Waals surface area contributed by atoms with E-state index in [0.29, 0.717) is 5.69 Å². The van der Waals surface area contributed by atoms with Crippen LogP contribution in [0.2, 0.25) is 0 Å². The molecule has 0 fully saturated rings. The second kappa shape index (κ2) is 3.77. The Morgan fingerprint density at radius 1 is 1.21 bits per heavy atom. The van der Waals surface area contributed by atoms with Crippen LogP contribution >= 0.6 is 11.5 Å². The highest BCUT2D eigenvalue weighted by atomic mass is 32.1. The molecule has 0 bridgehead atoms. The van der Waals surface area contributed by atoms with Crippen LogP contribution in [0.5, 0.6) is 0 Å². The number of anilines is 1. The smallest absolute Gasteiger partial charge is 0.115 e. The first-order valence-electron chi connectivity index (χ1n) is 4.21. The van der Waals surface area contributed by atoms with Crippen molar-refractivity contribution in [3.63, 3.8) is 0 Å². The van der Waals surface area contributed by atoms with Crippen LogP contribution < -0.4 is 5.73 Å². The van der Waals surface area contributed by atoms with Crippen molar-refractivity contribution in [2.75, 3.05) is 5.73 Å². The second-order valence-electron chi connectivity index (χ2n) is 2.98. The lowest BCUT2D eigenvalue weighted by Crippen LogP contribution is -1.97. The Morgan fingerprint density at radius 3 is 2.50 bits per heavy atom. The Labute approximate surface area is 86.0 Å². The van der Waals surface area contributed by atoms with E-state index in [9.17, 15) is 5.11 Å². The first kappa shape index (κ1) is 9.18. The molecule has 0 aliphatic rings. The van der Waals surface area contributed by atoms with Gasteiger partial charge in [0.05, 0.1) is 4.88 Å². The molecule has 0 spiro atoms. The third-order valence-corrected chi connectivity index (χ3v) is 2.78. The summed E-state index contributed by atoms with van der Waals surface area (Å²) in [6.07, 6.45) is 1.09. The van der Waals surface area contributed by atoms with Crippen LogP contribution in [0.1, 0.15) is 16.5 Å². The van der Waals surface area contributed by atoms with Crippen molar-refractivity contribution >= 4 is 17.2 Å². The van der Waals surface area contributed by atoms with Crippen molar-refractivity contribution in [3.05, 3.63) is 47.0 Å². The second-order valence-corrected chi connectivity index (χ2v) is 3.85. The SMILES string of the molecule is Nc1ccc(C(O)c2ccns2)cc1. The number of hydrogen-bond donors (Lipinski definition) is 2. The third-order valence-electron chi connectivity index (χ3n) is 1.98. The number of aliphatic hydroxyl groups is 1. The Balaban J connectivity index is 2.28. The summed E-state index contributed by atoms with van der Waals surface area (Å²) in [6.45, 7) is 0. The van der Waals surface area contributed by atoms with Crippen LogP contribution in [0.4, 0.5) is 5.69 Å². The highest BCUT2D eigenvalue weighted by Crippen LogP contribution is 2.24. The number of benzene rings is 1. The van der Waals surface area contributed by atoms with Crippen molar-refractivity contribution in [2.24, 2.45) is 0 Å². The van der Waals surface area contributed by atoms with E-state index in [1.807, 2.05) is 18.2 Å². The molecule has 14 heavy (non-hydrogen) atoms. The van der Waals surface area contributed by atoms with Gasteiger partial charge >= 0.3 is 0 Å². The summed E-state index contributed by atoms with van der Waals surface area (Å²) >= 11 is 1.30. The Bertz CT molecular complexity index is 397. The number of rotatable bonds is 2. The minimum atomic E-state index is -0.594. The van der Waals surface area contributed by atoms with Gasteiger partial charge in [0.25, 0.3) is 0 Å². The van der Waals surface area contributed by atoms with Crippen molar-refractivity contribution in [2.45, 2.75) is 6.10 Å². The van der Waals surface area contributed by atoms with Gasteiger partial charge in [-0.15, -0.1) is 0 Å². The van der Waals surface area contributed by atoms with Gasteiger partial charge in [0.1, 0.15) is 6.10 Å². The highest BCUT2D eigenvalue weighted by molar-refractivity contribution is 7.05. The van der Waals surface area contributed by atoms with Gasteiger partial charge < -0.3 is 10.8 Å². The molecular weight excluding hydrogens is 196 g/mol. The fraction of sp³-hybridized carbons (Fsp3) is 0.100. The van der Waals surface area contributed by atoms with E-state index in [0.717, 1.165) is 10.4 Å². The van der Waals surface area contributed by atoms with E-state index in [1.54, 1.807) is 18.3 Å². The molecule has 0 radical (unpaired) electrons. The summed E-state index contributed by atoms with van der Waals surface area (Å²) in [5.74, 6) is 0. The summed E-state index contributed by atoms with van der Waals surface area (Å²) in [5.41, 5.74) is 7.09. The van der Waals surface area contributed by atoms with Crippen LogP contribution in [0, 0.1) is 0 Å². The predicted octanol–water partition coefficient (Wildman–Crippen LogP) is 1.81. The molecule has 2 aromatic rings. The Morgan fingerprint density at radius 2 is 1.93 bits per heavy atom. The predicted molar refractivity (Wildman–Crippen MR) is 57.0 cm³/mol. The van der Waals surface area contributed by atoms with Gasteiger partial charge in [0, 0.05) is 11.9 Å². The van der Waals surface area contributed by atoms with Gasteiger partial charge in [-0.05, 0) is 35.3 Å². The molecule has 1 atom stereocenters. The molecule has 3 nitrogen and oxygen atoms in total. The van der Waals surface area contributed by atoms with Gasteiger partial charge in [-0.25, -0.2) is 4.37 Å². The van der Waals surface area contributed by atoms with Crippen LogP contribution in [0.3, 0.4) is 0 Å². The van der Waals surface area contributed by atoms with Crippen molar-refractivity contribution < 1.29 is 5.11 Å². The number of hydrogen-bond acceptors (Lipinski definition) is 4. The maximum atomic E-state index is 9.90. The first-order valence-corrected chi connectivity index (χ1v) is 4.99. The molecular formula is C10H10N2OS. The summed E-state index contributed by atoms with van der Waals surface area (Å²) in [5, 5.41) is 9.90. The average Bonchev–Trinajstić information content (AvgIpc) is 2.71. The van der Waals surface area contributed by atoms with Gasteiger partial charge in [0.15, 0.2) is 0 Å². The number of aromatic nitrogens is 1. The Kier molecular flexibility index (Phi) is 2.47. The molecule has 0 aliphatic heterocycles. The number of aliphatic hydroxyl groups excluding tert-OH is 1. The summed E-state index contributed by atoms with van der Waals surface area (Å²) in [6, 6.07) is 9.00. The standard InChI is InChI=1S/C10H10N2OS/c11-8-3-1-7(2-4-8)10(13)9-5-6-12-14-9/h1-6,10,13H,11H2. The minimum absolute atomic E-state index is 0.594. The van der Waals surface area contributed by atoms with Gasteiger partial charge in [0.2, 0.25) is 0 Å². The first-order chi connectivity index (χ1) is 6.77. The summed E-state index contributed by atoms with van der Waals surface area (Å²) in [7, 11) is 0. The van der Waals surface area contributed by atoms with E-state index in [2.05, 4.69) is 4.37 Å². The van der Waals surface area contributed by atoms with E-state index < -0.39 is 6.10 Å². The normalized spacial score (nSPS) is 12.6. The summed E-state index contributed by atoms with van der Waals surface area (Å²) in [4.78, 5) is 0.842. The zero-order valence-corrected chi connectivity index (χ0v) is 8.24. The fourth-order valence-electron chi connectivity index (χ4n) is 1.21. The zero-order valence-electron chi connectivity index (χ0n) is 7.42. The minimum Gasteiger partial charge on any atom is -0.399 e. The van der Waals surface area contributed by atoms with Gasteiger partial charge in [-0.3, -0.25) is 0 Å². The maximum absolute atomic E-state index is 9.90. The molecule has 0 saturated heterocycles. The lowest BCUT2D eigenvalue weighted by molar-refractivity contribution is 0.224. The molecule has 4 heteroatoms. The van der Waals surface area contributed by atoms with E-state index in [1.165, 1.54) is 11.5 Å².